The van der Waals surface area contributed by atoms with E-state index in [1.165, 1.54) is 0 Å². The van der Waals surface area contributed by atoms with Gasteiger partial charge < -0.3 is 11.1 Å². The summed E-state index contributed by atoms with van der Waals surface area (Å²) in [6.45, 7) is 3.72. The number of hydrogen-bond donors (Lipinski definition) is 2. The van der Waals surface area contributed by atoms with Crippen LogP contribution in [0.5, 0.6) is 0 Å². The normalized spacial score (nSPS) is 12.5. The molecule has 0 radical (unpaired) electrons. The summed E-state index contributed by atoms with van der Waals surface area (Å²) in [5, 5.41) is 4.43. The lowest BCUT2D eigenvalue weighted by atomic mass is 10.1. The zero-order valence-electron chi connectivity index (χ0n) is 8.76. The molecule has 0 aliphatic heterocycles. The predicted octanol–water partition coefficient (Wildman–Crippen LogP) is 3.39. The highest BCUT2D eigenvalue weighted by Crippen LogP contribution is 2.29. The third kappa shape index (κ3) is 3.90. The summed E-state index contributed by atoms with van der Waals surface area (Å²) in [7, 11) is 0. The lowest BCUT2D eigenvalue weighted by Gasteiger charge is -2.13. The molecule has 1 aromatic carbocycles. The average molecular weight is 247 g/mol. The van der Waals surface area contributed by atoms with Crippen molar-refractivity contribution >= 4 is 28.9 Å². The maximum absolute atomic E-state index is 6.03. The number of halogens is 2. The second-order valence-corrected chi connectivity index (χ2v) is 4.45. The van der Waals surface area contributed by atoms with Gasteiger partial charge >= 0.3 is 0 Å². The van der Waals surface area contributed by atoms with Crippen LogP contribution in [0.25, 0.3) is 0 Å². The molecule has 0 saturated heterocycles. The van der Waals surface area contributed by atoms with Crippen LogP contribution in [0.2, 0.25) is 10.0 Å². The van der Waals surface area contributed by atoms with Gasteiger partial charge in [-0.15, -0.1) is 0 Å². The molecule has 4 heteroatoms. The molecule has 0 aromatic heterocycles. The molecule has 1 unspecified atom stereocenters. The Morgan fingerprint density at radius 2 is 2.13 bits per heavy atom. The summed E-state index contributed by atoms with van der Waals surface area (Å²) >= 11 is 11.9. The molecule has 2 nitrogen and oxygen atoms in total. The Morgan fingerprint density at radius 3 is 2.80 bits per heavy atom. The summed E-state index contributed by atoms with van der Waals surface area (Å²) in [5.74, 6) is 0.532. The minimum atomic E-state index is 0.532. The molecule has 0 heterocycles. The molecule has 1 aromatic rings. The summed E-state index contributed by atoms with van der Waals surface area (Å²) < 4.78 is 0. The highest BCUT2D eigenvalue weighted by molar-refractivity contribution is 6.43. The van der Waals surface area contributed by atoms with Crippen LogP contribution in [0.15, 0.2) is 18.2 Å². The van der Waals surface area contributed by atoms with Gasteiger partial charge in [0.1, 0.15) is 0 Å². The van der Waals surface area contributed by atoms with E-state index in [-0.39, 0.29) is 0 Å². The molecule has 0 amide bonds. The van der Waals surface area contributed by atoms with E-state index in [2.05, 4.69) is 12.2 Å². The first kappa shape index (κ1) is 12.6. The minimum absolute atomic E-state index is 0.532. The van der Waals surface area contributed by atoms with E-state index in [4.69, 9.17) is 28.9 Å². The van der Waals surface area contributed by atoms with Crippen molar-refractivity contribution in [3.8, 4) is 0 Å². The van der Waals surface area contributed by atoms with Crippen molar-refractivity contribution in [1.29, 1.82) is 0 Å². The van der Waals surface area contributed by atoms with Crippen molar-refractivity contribution in [1.82, 2.24) is 0 Å². The molecule has 1 rings (SSSR count). The van der Waals surface area contributed by atoms with Crippen LogP contribution in [0.4, 0.5) is 5.69 Å². The van der Waals surface area contributed by atoms with Gasteiger partial charge in [0, 0.05) is 6.54 Å². The first-order valence-corrected chi connectivity index (χ1v) is 5.78. The largest absolute Gasteiger partial charge is 0.384 e. The van der Waals surface area contributed by atoms with E-state index >= 15 is 0 Å². The summed E-state index contributed by atoms with van der Waals surface area (Å²) in [5.41, 5.74) is 6.36. The van der Waals surface area contributed by atoms with E-state index in [1.807, 2.05) is 12.1 Å². The molecule has 0 aliphatic carbocycles. The van der Waals surface area contributed by atoms with Gasteiger partial charge in [0.05, 0.1) is 15.7 Å². The highest BCUT2D eigenvalue weighted by Gasteiger charge is 2.05. The minimum Gasteiger partial charge on any atom is -0.384 e. The van der Waals surface area contributed by atoms with Crippen molar-refractivity contribution < 1.29 is 0 Å². The molecular weight excluding hydrogens is 231 g/mol. The van der Waals surface area contributed by atoms with Crippen LogP contribution in [0, 0.1) is 5.92 Å². The summed E-state index contributed by atoms with van der Waals surface area (Å²) in [6.07, 6.45) is 1.01. The van der Waals surface area contributed by atoms with Gasteiger partial charge in [-0.3, -0.25) is 0 Å². The van der Waals surface area contributed by atoms with Gasteiger partial charge in [-0.25, -0.2) is 0 Å². The molecule has 1 atom stereocenters. The van der Waals surface area contributed by atoms with Crippen LogP contribution < -0.4 is 11.1 Å². The van der Waals surface area contributed by atoms with Crippen molar-refractivity contribution in [2.24, 2.45) is 11.7 Å². The van der Waals surface area contributed by atoms with E-state index < -0.39 is 0 Å². The zero-order chi connectivity index (χ0) is 11.3. The van der Waals surface area contributed by atoms with Crippen molar-refractivity contribution in [2.45, 2.75) is 13.3 Å². The Hall–Kier alpha value is -0.440. The molecule has 0 aliphatic rings. The lowest BCUT2D eigenvalue weighted by molar-refractivity contribution is 0.568. The van der Waals surface area contributed by atoms with E-state index in [0.29, 0.717) is 22.5 Å². The molecule has 15 heavy (non-hydrogen) atoms. The molecular formula is C11H16Cl2N2. The van der Waals surface area contributed by atoms with Crippen LogP contribution in [0.1, 0.15) is 13.3 Å². The van der Waals surface area contributed by atoms with Gasteiger partial charge in [-0.05, 0) is 31.0 Å². The topological polar surface area (TPSA) is 38.0 Å². The fourth-order valence-electron chi connectivity index (χ4n) is 1.31. The first-order valence-electron chi connectivity index (χ1n) is 5.03. The van der Waals surface area contributed by atoms with Crippen LogP contribution >= 0.6 is 23.2 Å². The van der Waals surface area contributed by atoms with Crippen LogP contribution in [-0.4, -0.2) is 13.1 Å². The smallest absolute Gasteiger partial charge is 0.0823 e. The fourth-order valence-corrected chi connectivity index (χ4v) is 1.68. The fraction of sp³-hybridized carbons (Fsp3) is 0.455. The average Bonchev–Trinajstić information content (AvgIpc) is 2.21. The lowest BCUT2D eigenvalue weighted by Crippen LogP contribution is -2.15. The van der Waals surface area contributed by atoms with Crippen LogP contribution in [-0.2, 0) is 0 Å². The predicted molar refractivity (Wildman–Crippen MR) is 67.8 cm³/mol. The van der Waals surface area contributed by atoms with Crippen molar-refractivity contribution in [3.63, 3.8) is 0 Å². The molecule has 0 spiro atoms. The second-order valence-electron chi connectivity index (χ2n) is 3.66. The Kier molecular flexibility index (Phi) is 5.23. The number of hydrogen-bond acceptors (Lipinski definition) is 2. The number of rotatable bonds is 5. The van der Waals surface area contributed by atoms with Gasteiger partial charge in [0.2, 0.25) is 0 Å². The molecule has 0 saturated carbocycles. The van der Waals surface area contributed by atoms with E-state index in [9.17, 15) is 0 Å². The number of anilines is 1. The maximum atomic E-state index is 6.03. The second kappa shape index (κ2) is 6.21. The maximum Gasteiger partial charge on any atom is 0.0823 e. The van der Waals surface area contributed by atoms with E-state index in [0.717, 1.165) is 18.7 Å². The SMILES string of the molecule is CC(CCN)CNc1cccc(Cl)c1Cl. The molecule has 0 bridgehead atoms. The van der Waals surface area contributed by atoms with Gasteiger partial charge in [-0.1, -0.05) is 36.2 Å². The third-order valence-electron chi connectivity index (χ3n) is 2.25. The number of nitrogens with two attached hydrogens (primary N) is 1. The first-order chi connectivity index (χ1) is 7.15. The van der Waals surface area contributed by atoms with Crippen molar-refractivity contribution in [3.05, 3.63) is 28.2 Å². The molecule has 0 fully saturated rings. The third-order valence-corrected chi connectivity index (χ3v) is 3.07. The standard InChI is InChI=1S/C11H16Cl2N2/c1-8(5-6-14)7-15-10-4-2-3-9(12)11(10)13/h2-4,8,15H,5-7,14H2,1H3. The molecule has 84 valence electrons. The van der Waals surface area contributed by atoms with Gasteiger partial charge in [-0.2, -0.15) is 0 Å². The summed E-state index contributed by atoms with van der Waals surface area (Å²) in [6, 6.07) is 5.58. The Labute approximate surface area is 101 Å². The Balaban J connectivity index is 2.54. The monoisotopic (exact) mass is 246 g/mol. The van der Waals surface area contributed by atoms with Crippen molar-refractivity contribution in [2.75, 3.05) is 18.4 Å². The van der Waals surface area contributed by atoms with Gasteiger partial charge in [0.15, 0.2) is 0 Å². The number of nitrogens with one attached hydrogen (secondary N) is 1. The van der Waals surface area contributed by atoms with Gasteiger partial charge in [0.25, 0.3) is 0 Å². The number of benzene rings is 1. The molecule has 3 N–H and O–H groups in total. The van der Waals surface area contributed by atoms with E-state index in [1.54, 1.807) is 6.07 Å². The van der Waals surface area contributed by atoms with Crippen LogP contribution in [0.3, 0.4) is 0 Å². The Morgan fingerprint density at radius 1 is 1.40 bits per heavy atom. The quantitative estimate of drug-likeness (QED) is 0.836. The highest BCUT2D eigenvalue weighted by atomic mass is 35.5. The Bertz CT molecular complexity index is 315. The summed E-state index contributed by atoms with van der Waals surface area (Å²) in [4.78, 5) is 0. The zero-order valence-corrected chi connectivity index (χ0v) is 10.3.